The van der Waals surface area contributed by atoms with E-state index in [-0.39, 0.29) is 17.1 Å². The number of anilines is 2. The number of aryl methyl sites for hydroxylation is 1. The van der Waals surface area contributed by atoms with Crippen LogP contribution in [0.1, 0.15) is 31.0 Å². The van der Waals surface area contributed by atoms with E-state index >= 15 is 0 Å². The number of pyridine rings is 1. The average molecular weight is 493 g/mol. The molecule has 1 amide bonds. The maximum Gasteiger partial charge on any atom is 0.228 e. The monoisotopic (exact) mass is 492 g/mol. The van der Waals surface area contributed by atoms with Gasteiger partial charge in [0.05, 0.1) is 28.6 Å². The van der Waals surface area contributed by atoms with Crippen molar-refractivity contribution in [2.45, 2.75) is 32.0 Å². The molecule has 1 N–H and O–H groups in total. The quantitative estimate of drug-likeness (QED) is 0.453. The van der Waals surface area contributed by atoms with Crippen molar-refractivity contribution in [1.82, 2.24) is 29.5 Å². The number of nitrogens with one attached hydrogen (secondary N) is 1. The smallest absolute Gasteiger partial charge is 0.228 e. The zero-order chi connectivity index (χ0) is 24.7. The number of carbonyl (C=O) groups excluding carboxylic acids is 1. The van der Waals surface area contributed by atoms with Crippen LogP contribution in [-0.4, -0.2) is 72.0 Å². The molecule has 4 heterocycles. The summed E-state index contributed by atoms with van der Waals surface area (Å²) in [5.41, 5.74) is 3.67. The molecule has 5 rings (SSSR count). The molecule has 0 bridgehead atoms. The summed E-state index contributed by atoms with van der Waals surface area (Å²) in [7, 11) is -1.33. The van der Waals surface area contributed by atoms with Crippen molar-refractivity contribution < 1.29 is 9.00 Å². The van der Waals surface area contributed by atoms with Crippen molar-refractivity contribution in [3.8, 4) is 0 Å². The zero-order valence-corrected chi connectivity index (χ0v) is 21.0. The van der Waals surface area contributed by atoms with Gasteiger partial charge in [0.15, 0.2) is 5.65 Å². The van der Waals surface area contributed by atoms with Gasteiger partial charge in [-0.3, -0.25) is 9.00 Å². The standard InChI is InChI=1S/C24H28N8O2S/c1-15-6-5-7-18-14-19(22(28-21(15)18)31-12-10-30(11-13-31)17(3)33)16(2)26-23-29-24(35(4)34)27-20-8-9-25-32(20)23/h5-9,14,16H,10-13H2,1-4H3,(H,26,27,29)/t16-,35?/m0/s1. The molecule has 1 aliphatic heterocycles. The zero-order valence-electron chi connectivity index (χ0n) is 20.2. The molecule has 0 saturated carbocycles. The van der Waals surface area contributed by atoms with Crippen LogP contribution in [0.3, 0.4) is 0 Å². The maximum absolute atomic E-state index is 12.1. The number of hydrogen-bond acceptors (Lipinski definition) is 8. The number of aromatic nitrogens is 5. The first kappa shape index (κ1) is 23.2. The third-order valence-electron chi connectivity index (χ3n) is 6.38. The summed E-state index contributed by atoms with van der Waals surface area (Å²) in [5.74, 6) is 1.45. The highest BCUT2D eigenvalue weighted by Gasteiger charge is 2.25. The Morgan fingerprint density at radius 2 is 1.89 bits per heavy atom. The van der Waals surface area contributed by atoms with Crippen molar-refractivity contribution in [3.05, 3.63) is 47.7 Å². The molecular weight excluding hydrogens is 464 g/mol. The van der Waals surface area contributed by atoms with Crippen molar-refractivity contribution in [2.75, 3.05) is 42.7 Å². The van der Waals surface area contributed by atoms with Crippen LogP contribution in [0.5, 0.6) is 0 Å². The van der Waals surface area contributed by atoms with Crippen LogP contribution in [0.4, 0.5) is 11.8 Å². The first-order valence-corrected chi connectivity index (χ1v) is 13.1. The number of nitrogens with zero attached hydrogens (tertiary/aromatic N) is 7. The lowest BCUT2D eigenvalue weighted by Gasteiger charge is -2.36. The first-order chi connectivity index (χ1) is 16.8. The minimum absolute atomic E-state index is 0.0957. The Kier molecular flexibility index (Phi) is 6.10. The summed E-state index contributed by atoms with van der Waals surface area (Å²) in [4.78, 5) is 29.9. The molecule has 1 fully saturated rings. The van der Waals surface area contributed by atoms with Gasteiger partial charge < -0.3 is 15.1 Å². The fourth-order valence-corrected chi connectivity index (χ4v) is 4.89. The molecule has 10 nitrogen and oxygen atoms in total. The SMILES string of the molecule is CC(=O)N1CCN(c2nc3c(C)cccc3cc2[C@H](C)Nc2nc(S(C)=O)nc3ccnn23)CC1. The lowest BCUT2D eigenvalue weighted by atomic mass is 10.0. The topological polar surface area (TPSA) is 109 Å². The lowest BCUT2D eigenvalue weighted by Crippen LogP contribution is -2.48. The minimum Gasteiger partial charge on any atom is -0.353 e. The largest absolute Gasteiger partial charge is 0.353 e. The van der Waals surface area contributed by atoms with Crippen LogP contribution in [0, 0.1) is 6.92 Å². The van der Waals surface area contributed by atoms with Gasteiger partial charge in [-0.2, -0.15) is 14.6 Å². The maximum atomic E-state index is 12.1. The Bertz CT molecular complexity index is 1440. The van der Waals surface area contributed by atoms with E-state index in [0.29, 0.717) is 37.8 Å². The molecule has 0 spiro atoms. The minimum atomic E-state index is -1.33. The normalized spacial score (nSPS) is 16.0. The van der Waals surface area contributed by atoms with E-state index in [1.807, 2.05) is 17.9 Å². The van der Waals surface area contributed by atoms with Gasteiger partial charge in [-0.1, -0.05) is 18.2 Å². The number of hydrogen-bond donors (Lipinski definition) is 1. The Morgan fingerprint density at radius 1 is 1.11 bits per heavy atom. The third kappa shape index (κ3) is 4.43. The van der Waals surface area contributed by atoms with Gasteiger partial charge in [0.2, 0.25) is 17.0 Å². The molecule has 3 aromatic heterocycles. The average Bonchev–Trinajstić information content (AvgIpc) is 3.33. The van der Waals surface area contributed by atoms with Gasteiger partial charge in [0.25, 0.3) is 0 Å². The number of amides is 1. The predicted octanol–water partition coefficient (Wildman–Crippen LogP) is 2.56. The number of rotatable bonds is 5. The van der Waals surface area contributed by atoms with E-state index in [4.69, 9.17) is 4.98 Å². The molecule has 1 aromatic carbocycles. The lowest BCUT2D eigenvalue weighted by molar-refractivity contribution is -0.129. The molecule has 0 radical (unpaired) electrons. The van der Waals surface area contributed by atoms with Crippen molar-refractivity contribution in [1.29, 1.82) is 0 Å². The van der Waals surface area contributed by atoms with Crippen LogP contribution in [0.2, 0.25) is 0 Å². The Balaban J connectivity index is 1.56. The van der Waals surface area contributed by atoms with Crippen LogP contribution >= 0.6 is 0 Å². The Hall–Kier alpha value is -3.60. The fraction of sp³-hybridized carbons (Fsp3) is 0.375. The van der Waals surface area contributed by atoms with E-state index < -0.39 is 10.8 Å². The predicted molar refractivity (Wildman–Crippen MR) is 136 cm³/mol. The Morgan fingerprint density at radius 3 is 2.60 bits per heavy atom. The van der Waals surface area contributed by atoms with Gasteiger partial charge in [-0.25, -0.2) is 9.97 Å². The highest BCUT2D eigenvalue weighted by atomic mass is 32.2. The number of piperazine rings is 1. The van der Waals surface area contributed by atoms with E-state index in [1.165, 1.54) is 0 Å². The summed E-state index contributed by atoms with van der Waals surface area (Å²) in [6.45, 7) is 8.47. The van der Waals surface area contributed by atoms with Crippen LogP contribution < -0.4 is 10.2 Å². The molecule has 1 aliphatic rings. The van der Waals surface area contributed by atoms with Gasteiger partial charge in [0, 0.05) is 56.4 Å². The molecular formula is C24H28N8O2S. The molecule has 1 unspecified atom stereocenters. The Labute approximate surface area is 205 Å². The van der Waals surface area contributed by atoms with Crippen LogP contribution in [0.25, 0.3) is 16.6 Å². The number of carbonyl (C=O) groups is 1. The van der Waals surface area contributed by atoms with Crippen molar-refractivity contribution in [3.63, 3.8) is 0 Å². The summed E-state index contributed by atoms with van der Waals surface area (Å²) in [5, 5.41) is 9.09. The summed E-state index contributed by atoms with van der Waals surface area (Å²) >= 11 is 0. The van der Waals surface area contributed by atoms with E-state index in [0.717, 1.165) is 27.8 Å². The number of fused-ring (bicyclic) bond motifs is 2. The highest BCUT2D eigenvalue weighted by Crippen LogP contribution is 2.32. The molecule has 11 heteroatoms. The second-order valence-electron chi connectivity index (χ2n) is 8.79. The summed E-state index contributed by atoms with van der Waals surface area (Å²) in [6.07, 6.45) is 3.20. The highest BCUT2D eigenvalue weighted by molar-refractivity contribution is 7.84. The van der Waals surface area contributed by atoms with Crippen molar-refractivity contribution in [2.24, 2.45) is 0 Å². The van der Waals surface area contributed by atoms with Crippen molar-refractivity contribution >= 4 is 45.0 Å². The van der Waals surface area contributed by atoms with Crippen LogP contribution in [-0.2, 0) is 15.6 Å². The number of para-hydroxylation sites is 1. The summed E-state index contributed by atoms with van der Waals surface area (Å²) in [6, 6.07) is 9.91. The van der Waals surface area contributed by atoms with Gasteiger partial charge in [-0.05, 0) is 25.5 Å². The molecule has 0 aliphatic carbocycles. The molecule has 182 valence electrons. The molecule has 1 saturated heterocycles. The van der Waals surface area contributed by atoms with E-state index in [9.17, 15) is 9.00 Å². The molecule has 2 atom stereocenters. The van der Waals surface area contributed by atoms with Gasteiger partial charge in [-0.15, -0.1) is 0 Å². The second-order valence-corrected chi connectivity index (χ2v) is 10.1. The third-order valence-corrected chi connectivity index (χ3v) is 7.08. The fourth-order valence-electron chi connectivity index (χ4n) is 4.46. The van der Waals surface area contributed by atoms with E-state index in [2.05, 4.69) is 50.4 Å². The van der Waals surface area contributed by atoms with Gasteiger partial charge in [0.1, 0.15) is 5.82 Å². The molecule has 35 heavy (non-hydrogen) atoms. The number of benzene rings is 1. The first-order valence-electron chi connectivity index (χ1n) is 11.5. The van der Waals surface area contributed by atoms with E-state index in [1.54, 1.807) is 30.0 Å². The summed E-state index contributed by atoms with van der Waals surface area (Å²) < 4.78 is 13.7. The molecule has 4 aromatic rings. The second kappa shape index (κ2) is 9.21. The van der Waals surface area contributed by atoms with Gasteiger partial charge >= 0.3 is 0 Å². The van der Waals surface area contributed by atoms with Crippen LogP contribution in [0.15, 0.2) is 41.7 Å².